The van der Waals surface area contributed by atoms with Gasteiger partial charge in [0.1, 0.15) is 9.88 Å². The maximum absolute atomic E-state index is 13.0. The van der Waals surface area contributed by atoms with Gasteiger partial charge in [-0.2, -0.15) is 0 Å². The third kappa shape index (κ3) is 3.64. The van der Waals surface area contributed by atoms with Gasteiger partial charge in [-0.3, -0.25) is 9.78 Å². The van der Waals surface area contributed by atoms with Crippen LogP contribution < -0.4 is 5.32 Å². The first kappa shape index (κ1) is 17.1. The number of pyridine rings is 1. The summed E-state index contributed by atoms with van der Waals surface area (Å²) < 4.78 is 0. The van der Waals surface area contributed by atoms with Gasteiger partial charge >= 0.3 is 0 Å². The summed E-state index contributed by atoms with van der Waals surface area (Å²) in [6.07, 6.45) is 3.37. The smallest absolute Gasteiger partial charge is 0.268 e. The van der Waals surface area contributed by atoms with Crippen molar-refractivity contribution >= 4 is 22.9 Å². The van der Waals surface area contributed by atoms with E-state index in [1.807, 2.05) is 73.7 Å². The van der Waals surface area contributed by atoms with Gasteiger partial charge in [-0.05, 0) is 18.6 Å². The topological polar surface area (TPSA) is 54.9 Å². The predicted octanol–water partition coefficient (Wildman–Crippen LogP) is 5.43. The van der Waals surface area contributed by atoms with Crippen molar-refractivity contribution in [3.8, 4) is 21.8 Å². The molecule has 1 amide bonds. The molecule has 132 valence electrons. The van der Waals surface area contributed by atoms with E-state index < -0.39 is 0 Å². The molecule has 0 unspecified atom stereocenters. The molecule has 0 atom stereocenters. The van der Waals surface area contributed by atoms with Crippen LogP contribution in [0.3, 0.4) is 0 Å². The standard InChI is InChI=1S/C22H17N3OS/c1-15-12-13-23-14-18(15)24-21(26)20-19(16-8-4-2-5-9-16)25-22(27-20)17-10-6-3-7-11-17/h2-14H,1H3,(H,24,26). The number of anilines is 1. The minimum absolute atomic E-state index is 0.176. The fraction of sp³-hybridized carbons (Fsp3) is 0.0455. The Bertz CT molecular complexity index is 1080. The van der Waals surface area contributed by atoms with Crippen molar-refractivity contribution in [1.82, 2.24) is 9.97 Å². The molecule has 0 fully saturated rings. The van der Waals surface area contributed by atoms with E-state index in [2.05, 4.69) is 10.3 Å². The summed E-state index contributed by atoms with van der Waals surface area (Å²) in [4.78, 5) is 22.5. The van der Waals surface area contributed by atoms with E-state index in [-0.39, 0.29) is 5.91 Å². The average molecular weight is 371 g/mol. The number of aryl methyl sites for hydroxylation is 1. The molecule has 0 bridgehead atoms. The molecule has 5 heteroatoms. The van der Waals surface area contributed by atoms with Gasteiger partial charge in [0.05, 0.1) is 17.6 Å². The number of thiazole rings is 1. The summed E-state index contributed by atoms with van der Waals surface area (Å²) >= 11 is 1.40. The molecule has 27 heavy (non-hydrogen) atoms. The number of rotatable bonds is 4. The summed E-state index contributed by atoms with van der Waals surface area (Å²) in [5, 5.41) is 3.79. The number of nitrogens with one attached hydrogen (secondary N) is 1. The van der Waals surface area contributed by atoms with E-state index in [1.54, 1.807) is 12.4 Å². The number of amides is 1. The quantitative estimate of drug-likeness (QED) is 0.520. The number of hydrogen-bond acceptors (Lipinski definition) is 4. The van der Waals surface area contributed by atoms with Crippen LogP contribution in [0.1, 0.15) is 15.2 Å². The SMILES string of the molecule is Cc1ccncc1NC(=O)c1sc(-c2ccccc2)nc1-c1ccccc1. The van der Waals surface area contributed by atoms with Gasteiger partial charge < -0.3 is 5.32 Å². The molecular weight excluding hydrogens is 354 g/mol. The third-order valence-electron chi connectivity index (χ3n) is 4.19. The van der Waals surface area contributed by atoms with Crippen molar-refractivity contribution in [3.05, 3.63) is 89.6 Å². The lowest BCUT2D eigenvalue weighted by Gasteiger charge is -2.07. The number of carbonyl (C=O) groups is 1. The first-order valence-electron chi connectivity index (χ1n) is 8.56. The van der Waals surface area contributed by atoms with Gasteiger partial charge in [0, 0.05) is 17.3 Å². The number of nitrogens with zero attached hydrogens (tertiary/aromatic N) is 2. The molecule has 0 radical (unpaired) electrons. The molecule has 0 aliphatic rings. The average Bonchev–Trinajstić information content (AvgIpc) is 3.17. The molecule has 0 aliphatic carbocycles. The zero-order valence-corrected chi connectivity index (χ0v) is 15.5. The molecule has 4 aromatic rings. The van der Waals surface area contributed by atoms with Gasteiger partial charge in [0.25, 0.3) is 5.91 Å². The maximum atomic E-state index is 13.0. The van der Waals surface area contributed by atoms with Gasteiger partial charge in [-0.1, -0.05) is 60.7 Å². The first-order valence-corrected chi connectivity index (χ1v) is 9.37. The van der Waals surface area contributed by atoms with Crippen molar-refractivity contribution < 1.29 is 4.79 Å². The molecule has 2 aromatic heterocycles. The van der Waals surface area contributed by atoms with Gasteiger partial charge in [-0.15, -0.1) is 11.3 Å². The van der Waals surface area contributed by atoms with Gasteiger partial charge in [0.15, 0.2) is 0 Å². The fourth-order valence-corrected chi connectivity index (χ4v) is 3.73. The first-order chi connectivity index (χ1) is 13.2. The molecule has 1 N–H and O–H groups in total. The van der Waals surface area contributed by atoms with Crippen LogP contribution in [0.4, 0.5) is 5.69 Å². The monoisotopic (exact) mass is 371 g/mol. The molecule has 0 saturated carbocycles. The molecular formula is C22H17N3OS. The highest BCUT2D eigenvalue weighted by Crippen LogP contribution is 2.34. The van der Waals surface area contributed by atoms with Crippen molar-refractivity contribution in [1.29, 1.82) is 0 Å². The lowest BCUT2D eigenvalue weighted by Crippen LogP contribution is -2.12. The van der Waals surface area contributed by atoms with Gasteiger partial charge in [-0.25, -0.2) is 4.98 Å². The Balaban J connectivity index is 1.77. The summed E-state index contributed by atoms with van der Waals surface area (Å²) in [6, 6.07) is 21.6. The molecule has 0 aliphatic heterocycles. The van der Waals surface area contributed by atoms with E-state index in [0.717, 1.165) is 21.7 Å². The van der Waals surface area contributed by atoms with Gasteiger partial charge in [0.2, 0.25) is 0 Å². The number of carbonyl (C=O) groups excluding carboxylic acids is 1. The molecule has 4 nitrogen and oxygen atoms in total. The molecule has 0 spiro atoms. The number of aromatic nitrogens is 2. The lowest BCUT2D eigenvalue weighted by molar-refractivity contribution is 0.103. The Hall–Kier alpha value is -3.31. The summed E-state index contributed by atoms with van der Waals surface area (Å²) in [5.74, 6) is -0.176. The zero-order valence-electron chi connectivity index (χ0n) is 14.7. The van der Waals surface area contributed by atoms with Crippen LogP contribution in [0.25, 0.3) is 21.8 Å². The second kappa shape index (κ2) is 7.51. The maximum Gasteiger partial charge on any atom is 0.268 e. The highest BCUT2D eigenvalue weighted by molar-refractivity contribution is 7.17. The Morgan fingerprint density at radius 1 is 0.926 bits per heavy atom. The van der Waals surface area contributed by atoms with E-state index >= 15 is 0 Å². The minimum atomic E-state index is -0.176. The van der Waals surface area contributed by atoms with Crippen LogP contribution in [-0.2, 0) is 0 Å². The van der Waals surface area contributed by atoms with E-state index in [4.69, 9.17) is 4.98 Å². The summed E-state index contributed by atoms with van der Waals surface area (Å²) in [7, 11) is 0. The van der Waals surface area contributed by atoms with Crippen LogP contribution in [0.2, 0.25) is 0 Å². The lowest BCUT2D eigenvalue weighted by atomic mass is 10.1. The molecule has 4 rings (SSSR count). The van der Waals surface area contributed by atoms with E-state index in [0.29, 0.717) is 16.3 Å². The Kier molecular flexibility index (Phi) is 4.77. The Labute approximate surface area is 161 Å². The van der Waals surface area contributed by atoms with E-state index in [9.17, 15) is 4.79 Å². The third-order valence-corrected chi connectivity index (χ3v) is 5.29. The molecule has 2 heterocycles. The highest BCUT2D eigenvalue weighted by Gasteiger charge is 2.20. The largest absolute Gasteiger partial charge is 0.320 e. The molecule has 2 aromatic carbocycles. The van der Waals surface area contributed by atoms with Crippen molar-refractivity contribution in [2.75, 3.05) is 5.32 Å². The van der Waals surface area contributed by atoms with Crippen LogP contribution >= 0.6 is 11.3 Å². The Morgan fingerprint density at radius 3 is 2.26 bits per heavy atom. The van der Waals surface area contributed by atoms with E-state index in [1.165, 1.54) is 11.3 Å². The second-order valence-electron chi connectivity index (χ2n) is 6.07. The number of hydrogen-bond donors (Lipinski definition) is 1. The van der Waals surface area contributed by atoms with Crippen LogP contribution in [0, 0.1) is 6.92 Å². The second-order valence-corrected chi connectivity index (χ2v) is 7.07. The minimum Gasteiger partial charge on any atom is -0.320 e. The van der Waals surface area contributed by atoms with Crippen molar-refractivity contribution in [2.24, 2.45) is 0 Å². The highest BCUT2D eigenvalue weighted by atomic mass is 32.1. The number of benzene rings is 2. The van der Waals surface area contributed by atoms with Crippen molar-refractivity contribution in [2.45, 2.75) is 6.92 Å². The zero-order chi connectivity index (χ0) is 18.6. The summed E-state index contributed by atoms with van der Waals surface area (Å²) in [5.41, 5.74) is 4.28. The van der Waals surface area contributed by atoms with Crippen LogP contribution in [-0.4, -0.2) is 15.9 Å². The Morgan fingerprint density at radius 2 is 1.59 bits per heavy atom. The summed E-state index contributed by atoms with van der Waals surface area (Å²) in [6.45, 7) is 1.94. The predicted molar refractivity (Wildman–Crippen MR) is 110 cm³/mol. The fourth-order valence-electron chi connectivity index (χ4n) is 2.74. The van der Waals surface area contributed by atoms with Crippen LogP contribution in [0.5, 0.6) is 0 Å². The van der Waals surface area contributed by atoms with Crippen molar-refractivity contribution in [3.63, 3.8) is 0 Å². The normalized spacial score (nSPS) is 10.6. The van der Waals surface area contributed by atoms with Crippen LogP contribution in [0.15, 0.2) is 79.1 Å². The molecule has 0 saturated heterocycles.